The molecule has 0 spiro atoms. The fourth-order valence-electron chi connectivity index (χ4n) is 2.89. The normalized spacial score (nSPS) is 18.4. The standard InChI is InChI=1S/C20H20ClN3O5/c1-12-7-8-15(21)16(9-12)29-11-17(25)23-24-18(26)20(2,22-19(24)27)13-5-4-6-14(10-13)28-3/h4-10H,11H2,1-3H3,(H,22,27)(H,23,25)/t20-/m0/s1. The van der Waals surface area contributed by atoms with Crippen LogP contribution in [0.15, 0.2) is 42.5 Å². The van der Waals surface area contributed by atoms with Gasteiger partial charge in [0.25, 0.3) is 11.8 Å². The van der Waals surface area contributed by atoms with Crippen molar-refractivity contribution in [1.82, 2.24) is 15.8 Å². The molecular formula is C20H20ClN3O5. The SMILES string of the molecule is COc1cccc([C@]2(C)NC(=O)N(NC(=O)COc3cc(C)ccc3Cl)C2=O)c1. The summed E-state index contributed by atoms with van der Waals surface area (Å²) in [5.41, 5.74) is 2.36. The van der Waals surface area contributed by atoms with E-state index in [1.165, 1.54) is 7.11 Å². The highest BCUT2D eigenvalue weighted by atomic mass is 35.5. The van der Waals surface area contributed by atoms with Crippen molar-refractivity contribution in [2.75, 3.05) is 13.7 Å². The highest BCUT2D eigenvalue weighted by molar-refractivity contribution is 6.32. The summed E-state index contributed by atoms with van der Waals surface area (Å²) >= 11 is 6.03. The van der Waals surface area contributed by atoms with Crippen molar-refractivity contribution in [1.29, 1.82) is 0 Å². The predicted molar refractivity (Wildman–Crippen MR) is 106 cm³/mol. The molecule has 0 unspecified atom stereocenters. The Labute approximate surface area is 172 Å². The minimum atomic E-state index is -1.35. The Hall–Kier alpha value is -3.26. The van der Waals surface area contributed by atoms with Crippen molar-refractivity contribution in [2.24, 2.45) is 0 Å². The van der Waals surface area contributed by atoms with Crippen LogP contribution in [0.1, 0.15) is 18.1 Å². The topological polar surface area (TPSA) is 97.0 Å². The zero-order valence-corrected chi connectivity index (χ0v) is 16.9. The third kappa shape index (κ3) is 4.12. The lowest BCUT2D eigenvalue weighted by atomic mass is 9.92. The second kappa shape index (κ2) is 8.00. The minimum absolute atomic E-state index is 0.334. The van der Waals surface area contributed by atoms with Crippen molar-refractivity contribution in [3.63, 3.8) is 0 Å². The van der Waals surface area contributed by atoms with Gasteiger partial charge in [0.05, 0.1) is 12.1 Å². The molecule has 1 fully saturated rings. The average molecular weight is 418 g/mol. The van der Waals surface area contributed by atoms with E-state index in [4.69, 9.17) is 21.1 Å². The largest absolute Gasteiger partial charge is 0.497 e. The number of carbonyl (C=O) groups excluding carboxylic acids is 3. The number of carbonyl (C=O) groups is 3. The van der Waals surface area contributed by atoms with Gasteiger partial charge in [0.1, 0.15) is 17.0 Å². The summed E-state index contributed by atoms with van der Waals surface area (Å²) in [4.78, 5) is 37.4. The number of halogens is 1. The minimum Gasteiger partial charge on any atom is -0.497 e. The van der Waals surface area contributed by atoms with Gasteiger partial charge >= 0.3 is 6.03 Å². The number of benzene rings is 2. The first-order valence-corrected chi connectivity index (χ1v) is 9.12. The van der Waals surface area contributed by atoms with E-state index in [0.29, 0.717) is 27.1 Å². The number of aryl methyl sites for hydroxylation is 1. The van der Waals surface area contributed by atoms with Crippen LogP contribution in [0.2, 0.25) is 5.02 Å². The van der Waals surface area contributed by atoms with Crippen LogP contribution in [0.25, 0.3) is 0 Å². The summed E-state index contributed by atoms with van der Waals surface area (Å²) in [7, 11) is 1.50. The second-order valence-electron chi connectivity index (χ2n) is 6.69. The van der Waals surface area contributed by atoms with Crippen LogP contribution in [0, 0.1) is 6.92 Å². The number of hydrogen-bond acceptors (Lipinski definition) is 5. The lowest BCUT2D eigenvalue weighted by molar-refractivity contribution is -0.139. The van der Waals surface area contributed by atoms with Crippen LogP contribution < -0.4 is 20.2 Å². The molecule has 1 aliphatic rings. The summed E-state index contributed by atoms with van der Waals surface area (Å²) < 4.78 is 10.6. The molecular weight excluding hydrogens is 398 g/mol. The quantitative estimate of drug-likeness (QED) is 0.704. The number of methoxy groups -OCH3 is 1. The van der Waals surface area contributed by atoms with E-state index in [-0.39, 0.29) is 0 Å². The summed E-state index contributed by atoms with van der Waals surface area (Å²) in [5, 5.41) is 3.59. The summed E-state index contributed by atoms with van der Waals surface area (Å²) in [5.74, 6) is -0.435. The number of amides is 4. The third-order valence-corrected chi connectivity index (χ3v) is 4.83. The number of imide groups is 1. The van der Waals surface area contributed by atoms with Crippen molar-refractivity contribution < 1.29 is 23.9 Å². The van der Waals surface area contributed by atoms with E-state index in [2.05, 4.69) is 10.7 Å². The lowest BCUT2D eigenvalue weighted by Crippen LogP contribution is -2.49. The molecule has 4 amide bonds. The van der Waals surface area contributed by atoms with Gasteiger partial charge in [0.2, 0.25) is 0 Å². The monoisotopic (exact) mass is 417 g/mol. The van der Waals surface area contributed by atoms with Gasteiger partial charge in [-0.05, 0) is 49.2 Å². The van der Waals surface area contributed by atoms with E-state index in [9.17, 15) is 14.4 Å². The van der Waals surface area contributed by atoms with Crippen molar-refractivity contribution in [3.8, 4) is 11.5 Å². The third-order valence-electron chi connectivity index (χ3n) is 4.52. The molecule has 1 aliphatic heterocycles. The van der Waals surface area contributed by atoms with E-state index in [0.717, 1.165) is 5.56 Å². The first-order valence-electron chi connectivity index (χ1n) is 8.74. The maximum Gasteiger partial charge on any atom is 0.344 e. The number of hydrazine groups is 1. The van der Waals surface area contributed by atoms with Gasteiger partial charge in [0.15, 0.2) is 6.61 Å². The number of nitrogens with zero attached hydrogens (tertiary/aromatic N) is 1. The highest BCUT2D eigenvalue weighted by Crippen LogP contribution is 2.30. The molecule has 0 aromatic heterocycles. The second-order valence-corrected chi connectivity index (χ2v) is 7.09. The number of urea groups is 1. The fourth-order valence-corrected chi connectivity index (χ4v) is 3.06. The maximum absolute atomic E-state index is 12.9. The van der Waals surface area contributed by atoms with Crippen LogP contribution in [0.4, 0.5) is 4.79 Å². The van der Waals surface area contributed by atoms with Gasteiger partial charge in [-0.2, -0.15) is 5.01 Å². The zero-order chi connectivity index (χ0) is 21.2. The Balaban J connectivity index is 1.69. The van der Waals surface area contributed by atoms with Gasteiger partial charge in [-0.1, -0.05) is 29.8 Å². The van der Waals surface area contributed by atoms with Gasteiger partial charge in [-0.15, -0.1) is 0 Å². The Morgan fingerprint density at radius 2 is 2.00 bits per heavy atom. The van der Waals surface area contributed by atoms with Gasteiger partial charge in [0, 0.05) is 0 Å². The van der Waals surface area contributed by atoms with Crippen LogP contribution >= 0.6 is 11.6 Å². The average Bonchev–Trinajstić information content (AvgIpc) is 2.92. The highest BCUT2D eigenvalue weighted by Gasteiger charge is 2.50. The van der Waals surface area contributed by atoms with Crippen LogP contribution in [-0.4, -0.2) is 36.6 Å². The molecule has 1 atom stereocenters. The van der Waals surface area contributed by atoms with E-state index >= 15 is 0 Å². The molecule has 3 rings (SSSR count). The Morgan fingerprint density at radius 3 is 2.72 bits per heavy atom. The Bertz CT molecular complexity index is 980. The van der Waals surface area contributed by atoms with Gasteiger partial charge in [-0.3, -0.25) is 15.0 Å². The van der Waals surface area contributed by atoms with E-state index < -0.39 is 30.0 Å². The van der Waals surface area contributed by atoms with Crippen molar-refractivity contribution in [2.45, 2.75) is 19.4 Å². The van der Waals surface area contributed by atoms with Crippen LogP contribution in [0.5, 0.6) is 11.5 Å². The van der Waals surface area contributed by atoms with E-state index in [1.807, 2.05) is 13.0 Å². The van der Waals surface area contributed by atoms with E-state index in [1.54, 1.807) is 43.3 Å². The molecule has 0 saturated carbocycles. The van der Waals surface area contributed by atoms with Crippen LogP contribution in [-0.2, 0) is 15.1 Å². The Morgan fingerprint density at radius 1 is 1.24 bits per heavy atom. The van der Waals surface area contributed by atoms with Crippen LogP contribution in [0.3, 0.4) is 0 Å². The maximum atomic E-state index is 12.9. The number of nitrogens with one attached hydrogen (secondary N) is 2. The van der Waals surface area contributed by atoms with Crippen molar-refractivity contribution >= 4 is 29.4 Å². The molecule has 9 heteroatoms. The lowest BCUT2D eigenvalue weighted by Gasteiger charge is -2.22. The molecule has 1 saturated heterocycles. The Kier molecular flexibility index (Phi) is 5.65. The molecule has 2 aromatic carbocycles. The molecule has 2 N–H and O–H groups in total. The summed E-state index contributed by atoms with van der Waals surface area (Å²) in [6.07, 6.45) is 0. The smallest absolute Gasteiger partial charge is 0.344 e. The molecule has 0 aliphatic carbocycles. The fraction of sp³-hybridized carbons (Fsp3) is 0.250. The molecule has 8 nitrogen and oxygen atoms in total. The number of hydrogen-bond donors (Lipinski definition) is 2. The first-order chi connectivity index (χ1) is 13.7. The number of ether oxygens (including phenoxy) is 2. The predicted octanol–water partition coefficient (Wildman–Crippen LogP) is 2.53. The summed E-state index contributed by atoms with van der Waals surface area (Å²) in [6, 6.07) is 11.2. The molecule has 2 aromatic rings. The van der Waals surface area contributed by atoms with Gasteiger partial charge in [-0.25, -0.2) is 4.79 Å². The molecule has 1 heterocycles. The molecule has 0 radical (unpaired) electrons. The number of rotatable bonds is 6. The molecule has 152 valence electrons. The summed E-state index contributed by atoms with van der Waals surface area (Å²) in [6.45, 7) is 2.99. The first kappa shape index (κ1) is 20.5. The van der Waals surface area contributed by atoms with Gasteiger partial charge < -0.3 is 14.8 Å². The van der Waals surface area contributed by atoms with Crippen molar-refractivity contribution in [3.05, 3.63) is 58.6 Å². The molecule has 29 heavy (non-hydrogen) atoms. The molecule has 0 bridgehead atoms. The zero-order valence-electron chi connectivity index (χ0n) is 16.1.